The molecule has 2 heterocycles. The Hall–Kier alpha value is -1.52. The van der Waals surface area contributed by atoms with Crippen LogP contribution >= 0.6 is 24.0 Å². The zero-order chi connectivity index (χ0) is 15.5. The zero-order valence-corrected chi connectivity index (χ0v) is 14.6. The van der Waals surface area contributed by atoms with Crippen LogP contribution in [0.25, 0.3) is 11.1 Å². The Morgan fingerprint density at radius 1 is 1.23 bits per heavy atom. The van der Waals surface area contributed by atoms with Crippen molar-refractivity contribution in [3.05, 3.63) is 59.5 Å². The molecule has 3 rings (SSSR count). The maximum atomic E-state index is 4.66. The first kappa shape index (κ1) is 15.4. The molecule has 0 N–H and O–H groups in total. The quantitative estimate of drug-likeness (QED) is 0.642. The maximum absolute atomic E-state index is 4.66. The van der Waals surface area contributed by atoms with Crippen molar-refractivity contribution >= 4 is 24.0 Å². The van der Waals surface area contributed by atoms with Gasteiger partial charge in [-0.1, -0.05) is 38.1 Å². The summed E-state index contributed by atoms with van der Waals surface area (Å²) in [5, 5.41) is 0. The van der Waals surface area contributed by atoms with Gasteiger partial charge in [0, 0.05) is 29.4 Å². The number of thiol groups is 1. The number of aromatic nitrogens is 2. The van der Waals surface area contributed by atoms with Gasteiger partial charge in [0.1, 0.15) is 0 Å². The van der Waals surface area contributed by atoms with Crippen LogP contribution in [-0.2, 0) is 13.0 Å². The summed E-state index contributed by atoms with van der Waals surface area (Å²) in [6, 6.07) is 11.0. The Kier molecular flexibility index (Phi) is 4.69. The fourth-order valence-electron chi connectivity index (χ4n) is 2.52. The van der Waals surface area contributed by atoms with Crippen LogP contribution in [0.2, 0.25) is 0 Å². The molecule has 2 nitrogen and oxygen atoms in total. The predicted octanol–water partition coefficient (Wildman–Crippen LogP) is 5.15. The van der Waals surface area contributed by atoms with Gasteiger partial charge in [0.15, 0.2) is 0 Å². The molecule has 0 bridgehead atoms. The van der Waals surface area contributed by atoms with E-state index in [2.05, 4.69) is 66.4 Å². The van der Waals surface area contributed by atoms with Crippen molar-refractivity contribution in [2.24, 2.45) is 5.92 Å². The van der Waals surface area contributed by atoms with Crippen LogP contribution in [0, 0.1) is 5.92 Å². The molecule has 4 heteroatoms. The van der Waals surface area contributed by atoms with Crippen LogP contribution in [0.4, 0.5) is 0 Å². The largest absolute Gasteiger partial charge is 0.333 e. The van der Waals surface area contributed by atoms with Crippen molar-refractivity contribution in [3.8, 4) is 11.1 Å². The molecule has 0 saturated carbocycles. The van der Waals surface area contributed by atoms with E-state index in [1.54, 1.807) is 11.3 Å². The molecule has 0 unspecified atom stereocenters. The lowest BCUT2D eigenvalue weighted by molar-refractivity contribution is 0.654. The Labute approximate surface area is 141 Å². The van der Waals surface area contributed by atoms with Gasteiger partial charge in [-0.05, 0) is 29.5 Å². The Bertz CT molecular complexity index is 725. The lowest BCUT2D eigenvalue weighted by Crippen LogP contribution is -1.95. The number of rotatable bonds is 5. The Balaban J connectivity index is 1.79. The third-order valence-electron chi connectivity index (χ3n) is 3.56. The summed E-state index contributed by atoms with van der Waals surface area (Å²) in [6.07, 6.45) is 6.76. The van der Waals surface area contributed by atoms with Crippen molar-refractivity contribution in [1.29, 1.82) is 0 Å². The van der Waals surface area contributed by atoms with Crippen LogP contribution in [0.15, 0.2) is 53.3 Å². The minimum atomic E-state index is 0.678. The molecule has 1 aromatic carbocycles. The van der Waals surface area contributed by atoms with E-state index in [-0.39, 0.29) is 0 Å². The summed E-state index contributed by atoms with van der Waals surface area (Å²) in [4.78, 5) is 5.49. The molecule has 0 spiro atoms. The first-order valence-electron chi connectivity index (χ1n) is 7.48. The summed E-state index contributed by atoms with van der Waals surface area (Å²) in [7, 11) is 0. The molecule has 0 saturated heterocycles. The van der Waals surface area contributed by atoms with Crippen molar-refractivity contribution < 1.29 is 0 Å². The summed E-state index contributed by atoms with van der Waals surface area (Å²) in [6.45, 7) is 5.36. The molecule has 0 aliphatic carbocycles. The van der Waals surface area contributed by atoms with Crippen LogP contribution in [0.1, 0.15) is 24.3 Å². The molecular formula is C18H20N2S2. The van der Waals surface area contributed by atoms with Crippen molar-refractivity contribution in [2.75, 3.05) is 0 Å². The van der Waals surface area contributed by atoms with Gasteiger partial charge in [-0.2, -0.15) is 0 Å². The highest BCUT2D eigenvalue weighted by molar-refractivity contribution is 7.83. The summed E-state index contributed by atoms with van der Waals surface area (Å²) in [5.41, 5.74) is 3.77. The SMILES string of the molecule is CC(C)Cc1cc(-c2ccc(Cn3ccnc3)cc2)c(S)s1. The van der Waals surface area contributed by atoms with E-state index in [4.69, 9.17) is 0 Å². The van der Waals surface area contributed by atoms with Crippen molar-refractivity contribution in [2.45, 2.75) is 31.0 Å². The highest BCUT2D eigenvalue weighted by atomic mass is 32.2. The van der Waals surface area contributed by atoms with Crippen LogP contribution < -0.4 is 0 Å². The predicted molar refractivity (Wildman–Crippen MR) is 96.9 cm³/mol. The van der Waals surface area contributed by atoms with Gasteiger partial charge in [0.2, 0.25) is 0 Å². The lowest BCUT2D eigenvalue weighted by atomic mass is 10.0. The smallest absolute Gasteiger partial charge is 0.0949 e. The second-order valence-electron chi connectivity index (χ2n) is 5.96. The molecule has 0 fully saturated rings. The average molecular weight is 329 g/mol. The van der Waals surface area contributed by atoms with Gasteiger partial charge in [0.25, 0.3) is 0 Å². The minimum absolute atomic E-state index is 0.678. The highest BCUT2D eigenvalue weighted by Gasteiger charge is 2.09. The average Bonchev–Trinajstić information content (AvgIpc) is 3.09. The number of hydrogen-bond acceptors (Lipinski definition) is 3. The lowest BCUT2D eigenvalue weighted by Gasteiger charge is -2.05. The Morgan fingerprint density at radius 2 is 2.00 bits per heavy atom. The van der Waals surface area contributed by atoms with Crippen LogP contribution in [0.5, 0.6) is 0 Å². The van der Waals surface area contributed by atoms with Gasteiger partial charge in [-0.25, -0.2) is 4.98 Å². The van der Waals surface area contributed by atoms with E-state index in [0.717, 1.165) is 17.2 Å². The monoisotopic (exact) mass is 328 g/mol. The fraction of sp³-hybridized carbons (Fsp3) is 0.278. The van der Waals surface area contributed by atoms with E-state index in [1.165, 1.54) is 21.6 Å². The molecule has 0 aliphatic rings. The van der Waals surface area contributed by atoms with Crippen molar-refractivity contribution in [3.63, 3.8) is 0 Å². The van der Waals surface area contributed by atoms with Crippen LogP contribution in [0.3, 0.4) is 0 Å². The molecule has 0 aliphatic heterocycles. The molecule has 114 valence electrons. The Morgan fingerprint density at radius 3 is 2.64 bits per heavy atom. The number of nitrogens with zero attached hydrogens (tertiary/aromatic N) is 2. The third-order valence-corrected chi connectivity index (χ3v) is 5.04. The summed E-state index contributed by atoms with van der Waals surface area (Å²) >= 11 is 6.45. The zero-order valence-electron chi connectivity index (χ0n) is 12.9. The van der Waals surface area contributed by atoms with E-state index in [9.17, 15) is 0 Å². The first-order chi connectivity index (χ1) is 10.6. The normalized spacial score (nSPS) is 11.3. The van der Waals surface area contributed by atoms with Gasteiger partial charge in [0.05, 0.1) is 10.5 Å². The number of benzene rings is 1. The number of thiophene rings is 1. The second kappa shape index (κ2) is 6.71. The topological polar surface area (TPSA) is 17.8 Å². The van der Waals surface area contributed by atoms with Crippen molar-refractivity contribution in [1.82, 2.24) is 9.55 Å². The molecule has 0 atom stereocenters. The van der Waals surface area contributed by atoms with Gasteiger partial charge >= 0.3 is 0 Å². The number of hydrogen-bond donors (Lipinski definition) is 1. The fourth-order valence-corrected chi connectivity index (χ4v) is 4.20. The van der Waals surface area contributed by atoms with E-state index >= 15 is 0 Å². The third kappa shape index (κ3) is 3.62. The maximum Gasteiger partial charge on any atom is 0.0949 e. The van der Waals surface area contributed by atoms with Gasteiger partial charge in [-0.15, -0.1) is 24.0 Å². The second-order valence-corrected chi connectivity index (χ2v) is 7.85. The highest BCUT2D eigenvalue weighted by Crippen LogP contribution is 2.35. The van der Waals surface area contributed by atoms with E-state index in [0.29, 0.717) is 5.92 Å². The molecular weight excluding hydrogens is 308 g/mol. The van der Waals surface area contributed by atoms with E-state index < -0.39 is 0 Å². The van der Waals surface area contributed by atoms with Gasteiger partial charge < -0.3 is 4.57 Å². The summed E-state index contributed by atoms with van der Waals surface area (Å²) in [5.74, 6) is 0.678. The molecule has 2 aromatic heterocycles. The van der Waals surface area contributed by atoms with Gasteiger partial charge in [-0.3, -0.25) is 0 Å². The summed E-state index contributed by atoms with van der Waals surface area (Å²) < 4.78 is 3.18. The molecule has 22 heavy (non-hydrogen) atoms. The molecule has 0 radical (unpaired) electrons. The first-order valence-corrected chi connectivity index (χ1v) is 8.75. The minimum Gasteiger partial charge on any atom is -0.333 e. The molecule has 0 amide bonds. The standard InChI is InChI=1S/C18H20N2S2/c1-13(2)9-16-10-17(18(21)22-16)15-5-3-14(4-6-15)11-20-8-7-19-12-20/h3-8,10,12-13,21H,9,11H2,1-2H3. The van der Waals surface area contributed by atoms with E-state index in [1.807, 2.05) is 18.7 Å². The van der Waals surface area contributed by atoms with Crippen LogP contribution in [-0.4, -0.2) is 9.55 Å². The number of imidazole rings is 1. The molecule has 3 aromatic rings.